The van der Waals surface area contributed by atoms with Crippen LogP contribution in [0.25, 0.3) is 11.3 Å². The molecule has 6 heteroatoms. The lowest BCUT2D eigenvalue weighted by Crippen LogP contribution is -2.37. The molecule has 2 heterocycles. The van der Waals surface area contributed by atoms with Gasteiger partial charge in [0.2, 0.25) is 0 Å². The normalized spacial score (nSPS) is 15.1. The maximum Gasteiger partial charge on any atom is 0.257 e. The second kappa shape index (κ2) is 9.13. The second-order valence-corrected chi connectivity index (χ2v) is 7.57. The average molecular weight is 405 g/mol. The van der Waals surface area contributed by atoms with E-state index in [2.05, 4.69) is 27.5 Å². The fraction of sp³-hybridized carbons (Fsp3) is 0.333. The standard InChI is InChI=1S/C24H27N3O3/c1-17-22(23(26-30-17)18-9-4-3-5-10-18)24(28)25-16-21(27-13-6-7-14-27)19-11-8-12-20(15-19)29-2/h3-5,8-12,15,21H,6-7,13-14,16H2,1-2H3,(H,25,28). The Hall–Kier alpha value is -3.12. The molecule has 156 valence electrons. The number of likely N-dealkylation sites (tertiary alicyclic amines) is 1. The highest BCUT2D eigenvalue weighted by atomic mass is 16.5. The van der Waals surface area contributed by atoms with Crippen LogP contribution in [0.15, 0.2) is 59.1 Å². The monoisotopic (exact) mass is 405 g/mol. The van der Waals surface area contributed by atoms with Gasteiger partial charge in [-0.25, -0.2) is 0 Å². The van der Waals surface area contributed by atoms with E-state index in [0.29, 0.717) is 23.6 Å². The van der Waals surface area contributed by atoms with Crippen LogP contribution in [-0.2, 0) is 0 Å². The lowest BCUT2D eigenvalue weighted by molar-refractivity contribution is 0.0937. The molecule has 1 unspecified atom stereocenters. The summed E-state index contributed by atoms with van der Waals surface area (Å²) in [6.07, 6.45) is 2.36. The molecule has 1 atom stereocenters. The smallest absolute Gasteiger partial charge is 0.257 e. The Labute approximate surface area is 176 Å². The molecule has 4 rings (SSSR count). The number of nitrogens with one attached hydrogen (secondary N) is 1. The third-order valence-electron chi connectivity index (χ3n) is 5.65. The van der Waals surface area contributed by atoms with E-state index in [-0.39, 0.29) is 11.9 Å². The van der Waals surface area contributed by atoms with Crippen LogP contribution in [0, 0.1) is 6.92 Å². The number of ether oxygens (including phenoxy) is 1. The zero-order valence-corrected chi connectivity index (χ0v) is 17.4. The molecule has 1 fully saturated rings. The molecule has 1 aliphatic heterocycles. The number of aryl methyl sites for hydroxylation is 1. The summed E-state index contributed by atoms with van der Waals surface area (Å²) in [5, 5.41) is 7.26. The highest BCUT2D eigenvalue weighted by Crippen LogP contribution is 2.28. The Balaban J connectivity index is 1.56. The van der Waals surface area contributed by atoms with E-state index < -0.39 is 0 Å². The van der Waals surface area contributed by atoms with Gasteiger partial charge >= 0.3 is 0 Å². The molecule has 6 nitrogen and oxygen atoms in total. The average Bonchev–Trinajstić information content (AvgIpc) is 3.45. The Morgan fingerprint density at radius 3 is 2.67 bits per heavy atom. The molecule has 0 spiro atoms. The fourth-order valence-corrected chi connectivity index (χ4v) is 4.07. The molecular formula is C24H27N3O3. The van der Waals surface area contributed by atoms with Crippen molar-refractivity contribution in [2.45, 2.75) is 25.8 Å². The number of aromatic nitrogens is 1. The predicted octanol–water partition coefficient (Wildman–Crippen LogP) is 4.23. The highest BCUT2D eigenvalue weighted by Gasteiger charge is 2.26. The lowest BCUT2D eigenvalue weighted by Gasteiger charge is -2.28. The predicted molar refractivity (Wildman–Crippen MR) is 116 cm³/mol. The van der Waals surface area contributed by atoms with Gasteiger partial charge in [-0.3, -0.25) is 9.69 Å². The van der Waals surface area contributed by atoms with Crippen molar-refractivity contribution >= 4 is 5.91 Å². The van der Waals surface area contributed by atoms with Crippen LogP contribution in [0.1, 0.15) is 40.6 Å². The summed E-state index contributed by atoms with van der Waals surface area (Å²) in [4.78, 5) is 15.6. The summed E-state index contributed by atoms with van der Waals surface area (Å²) in [6, 6.07) is 17.8. The molecule has 1 N–H and O–H groups in total. The lowest BCUT2D eigenvalue weighted by atomic mass is 10.0. The third kappa shape index (κ3) is 4.24. The molecule has 0 aliphatic carbocycles. The van der Waals surface area contributed by atoms with Gasteiger partial charge in [0.1, 0.15) is 22.8 Å². The van der Waals surface area contributed by atoms with Crippen LogP contribution < -0.4 is 10.1 Å². The van der Waals surface area contributed by atoms with E-state index in [1.165, 1.54) is 12.8 Å². The summed E-state index contributed by atoms with van der Waals surface area (Å²) < 4.78 is 10.8. The third-order valence-corrected chi connectivity index (χ3v) is 5.65. The number of carbonyl (C=O) groups is 1. The van der Waals surface area contributed by atoms with E-state index in [9.17, 15) is 4.79 Å². The van der Waals surface area contributed by atoms with E-state index in [4.69, 9.17) is 9.26 Å². The number of hydrogen-bond acceptors (Lipinski definition) is 5. The van der Waals surface area contributed by atoms with Crippen molar-refractivity contribution in [3.05, 3.63) is 71.5 Å². The summed E-state index contributed by atoms with van der Waals surface area (Å²) in [7, 11) is 1.67. The van der Waals surface area contributed by atoms with Crippen LogP contribution in [0.3, 0.4) is 0 Å². The SMILES string of the molecule is COc1cccc(C(CNC(=O)c2c(-c3ccccc3)noc2C)N2CCCC2)c1. The van der Waals surface area contributed by atoms with Crippen LogP contribution >= 0.6 is 0 Å². The first kappa shape index (κ1) is 20.2. The number of rotatable bonds is 7. The van der Waals surface area contributed by atoms with Gasteiger partial charge < -0.3 is 14.6 Å². The van der Waals surface area contributed by atoms with Gasteiger partial charge in [-0.2, -0.15) is 0 Å². The summed E-state index contributed by atoms with van der Waals surface area (Å²) >= 11 is 0. The van der Waals surface area contributed by atoms with Crippen LogP contribution in [0.4, 0.5) is 0 Å². The number of nitrogens with zero attached hydrogens (tertiary/aromatic N) is 2. The van der Waals surface area contributed by atoms with Crippen molar-refractivity contribution in [1.29, 1.82) is 0 Å². The fourth-order valence-electron chi connectivity index (χ4n) is 4.07. The molecule has 2 aromatic carbocycles. The van der Waals surface area contributed by atoms with Gasteiger partial charge in [-0.15, -0.1) is 0 Å². The molecular weight excluding hydrogens is 378 g/mol. The minimum atomic E-state index is -0.167. The maximum atomic E-state index is 13.1. The summed E-state index contributed by atoms with van der Waals surface area (Å²) in [5.74, 6) is 1.18. The topological polar surface area (TPSA) is 67.6 Å². The van der Waals surface area contributed by atoms with Gasteiger partial charge in [0, 0.05) is 12.1 Å². The minimum Gasteiger partial charge on any atom is -0.497 e. The number of amides is 1. The quantitative estimate of drug-likeness (QED) is 0.637. The van der Waals surface area contributed by atoms with Crippen LogP contribution in [-0.4, -0.2) is 42.7 Å². The molecule has 0 saturated carbocycles. The number of hydrogen-bond donors (Lipinski definition) is 1. The van der Waals surface area contributed by atoms with Crippen molar-refractivity contribution in [3.63, 3.8) is 0 Å². The van der Waals surface area contributed by atoms with Crippen molar-refractivity contribution in [1.82, 2.24) is 15.4 Å². The van der Waals surface area contributed by atoms with Gasteiger partial charge in [-0.05, 0) is 50.6 Å². The van der Waals surface area contributed by atoms with Gasteiger partial charge in [0.15, 0.2) is 0 Å². The first-order valence-electron chi connectivity index (χ1n) is 10.3. The molecule has 30 heavy (non-hydrogen) atoms. The van der Waals surface area contributed by atoms with E-state index in [0.717, 1.165) is 30.0 Å². The van der Waals surface area contributed by atoms with E-state index in [1.54, 1.807) is 14.0 Å². The van der Waals surface area contributed by atoms with Crippen molar-refractivity contribution < 1.29 is 14.1 Å². The number of methoxy groups -OCH3 is 1. The zero-order valence-electron chi connectivity index (χ0n) is 17.4. The van der Waals surface area contributed by atoms with Gasteiger partial charge in [-0.1, -0.05) is 47.6 Å². The largest absolute Gasteiger partial charge is 0.497 e. The summed E-state index contributed by atoms with van der Waals surface area (Å²) in [6.45, 7) is 4.33. The molecule has 1 aliphatic rings. The molecule has 0 bridgehead atoms. The zero-order chi connectivity index (χ0) is 20.9. The molecule has 0 radical (unpaired) electrons. The number of benzene rings is 2. The Kier molecular flexibility index (Phi) is 6.14. The van der Waals surface area contributed by atoms with Gasteiger partial charge in [0.05, 0.1) is 13.2 Å². The molecule has 1 aromatic heterocycles. The minimum absolute atomic E-state index is 0.0897. The first-order valence-corrected chi connectivity index (χ1v) is 10.3. The molecule has 1 amide bonds. The Morgan fingerprint density at radius 1 is 1.17 bits per heavy atom. The Bertz CT molecular complexity index is 994. The number of carbonyl (C=O) groups excluding carboxylic acids is 1. The first-order chi connectivity index (χ1) is 14.7. The van der Waals surface area contributed by atoms with Crippen LogP contribution in [0.5, 0.6) is 5.75 Å². The molecule has 3 aromatic rings. The summed E-state index contributed by atoms with van der Waals surface area (Å²) in [5.41, 5.74) is 3.07. The van der Waals surface area contributed by atoms with Crippen molar-refractivity contribution in [2.24, 2.45) is 0 Å². The van der Waals surface area contributed by atoms with E-state index in [1.807, 2.05) is 42.5 Å². The Morgan fingerprint density at radius 2 is 1.93 bits per heavy atom. The van der Waals surface area contributed by atoms with E-state index >= 15 is 0 Å². The second-order valence-electron chi connectivity index (χ2n) is 7.57. The highest BCUT2D eigenvalue weighted by molar-refractivity contribution is 6.00. The molecule has 1 saturated heterocycles. The van der Waals surface area contributed by atoms with Crippen molar-refractivity contribution in [2.75, 3.05) is 26.7 Å². The van der Waals surface area contributed by atoms with Crippen LogP contribution in [0.2, 0.25) is 0 Å². The maximum absolute atomic E-state index is 13.1. The van der Waals surface area contributed by atoms with Crippen molar-refractivity contribution in [3.8, 4) is 17.0 Å². The van der Waals surface area contributed by atoms with Gasteiger partial charge in [0.25, 0.3) is 5.91 Å².